The van der Waals surface area contributed by atoms with Gasteiger partial charge in [-0.25, -0.2) is 0 Å². The Hall–Kier alpha value is -2.07. The van der Waals surface area contributed by atoms with E-state index in [1.807, 2.05) is 6.07 Å². The molecule has 4 N–H and O–H groups in total. The molecule has 1 aromatic carbocycles. The van der Waals surface area contributed by atoms with Crippen LogP contribution in [-0.2, 0) is 9.59 Å². The number of carbonyl (C=O) groups excluding carboxylic acids is 2. The molecule has 94 valence electrons. The predicted octanol–water partition coefficient (Wildman–Crippen LogP) is 0.0978. The lowest BCUT2D eigenvalue weighted by Crippen LogP contribution is -2.39. The Bertz CT molecular complexity index is 508. The molecule has 1 aromatic rings. The highest BCUT2D eigenvalue weighted by atomic mass is 79.9. The molecule has 0 saturated heterocycles. The number of amides is 2. The van der Waals surface area contributed by atoms with E-state index in [9.17, 15) is 9.59 Å². The fourth-order valence-corrected chi connectivity index (χ4v) is 1.92. The van der Waals surface area contributed by atoms with Crippen molar-refractivity contribution in [1.82, 2.24) is 0 Å². The zero-order chi connectivity index (χ0) is 13.7. The first kappa shape index (κ1) is 14.0. The zero-order valence-corrected chi connectivity index (χ0v) is 11.0. The second-order valence-corrected chi connectivity index (χ2v) is 4.51. The summed E-state index contributed by atoms with van der Waals surface area (Å²) in [4.78, 5) is 23.3. The number of halogens is 1. The van der Waals surface area contributed by atoms with Crippen molar-refractivity contribution in [3.63, 3.8) is 0 Å². The molecule has 7 heteroatoms. The van der Waals surface area contributed by atoms with E-state index in [4.69, 9.17) is 16.7 Å². The molecule has 0 aromatic heterocycles. The van der Waals surface area contributed by atoms with Gasteiger partial charge < -0.3 is 16.4 Å². The van der Waals surface area contributed by atoms with Crippen molar-refractivity contribution in [2.24, 2.45) is 11.5 Å². The Morgan fingerprint density at radius 3 is 2.22 bits per heavy atom. The molecule has 0 aliphatic rings. The minimum absolute atomic E-state index is 0.149. The number of rotatable bonds is 5. The molecule has 0 aliphatic heterocycles. The number of benzene rings is 1. The maximum Gasteiger partial charge on any atom is 0.236 e. The van der Waals surface area contributed by atoms with E-state index < -0.39 is 11.8 Å². The highest BCUT2D eigenvalue weighted by Gasteiger charge is 2.13. The summed E-state index contributed by atoms with van der Waals surface area (Å²) < 4.78 is 0.662. The Balaban J connectivity index is 3.11. The normalized spacial score (nSPS) is 9.56. The molecule has 0 atom stereocenters. The maximum absolute atomic E-state index is 11.0. The largest absolute Gasteiger partial charge is 0.368 e. The highest BCUT2D eigenvalue weighted by Crippen LogP contribution is 2.22. The molecule has 0 unspecified atom stereocenters. The maximum atomic E-state index is 11.0. The summed E-state index contributed by atoms with van der Waals surface area (Å²) in [5.74, 6) is -1.18. The number of primary amides is 2. The molecule has 1 rings (SSSR count). The van der Waals surface area contributed by atoms with Crippen LogP contribution in [0.4, 0.5) is 5.69 Å². The first-order valence-electron chi connectivity index (χ1n) is 4.94. The minimum Gasteiger partial charge on any atom is -0.368 e. The Morgan fingerprint density at radius 2 is 1.78 bits per heavy atom. The van der Waals surface area contributed by atoms with Crippen LogP contribution in [0, 0.1) is 11.3 Å². The van der Waals surface area contributed by atoms with E-state index in [1.165, 1.54) is 4.90 Å². The molecule has 0 bridgehead atoms. The van der Waals surface area contributed by atoms with Crippen molar-refractivity contribution in [2.75, 3.05) is 18.0 Å². The van der Waals surface area contributed by atoms with Crippen LogP contribution in [0.2, 0.25) is 0 Å². The first-order chi connectivity index (χ1) is 8.42. The summed E-state index contributed by atoms with van der Waals surface area (Å²) >= 11 is 3.24. The lowest BCUT2D eigenvalue weighted by Gasteiger charge is -2.22. The summed E-state index contributed by atoms with van der Waals surface area (Å²) in [7, 11) is 0. The number of anilines is 1. The van der Waals surface area contributed by atoms with Gasteiger partial charge in [0.2, 0.25) is 11.8 Å². The third-order valence-corrected chi connectivity index (χ3v) is 2.53. The number of nitrogens with two attached hydrogens (primary N) is 2. The molecule has 0 aliphatic carbocycles. The van der Waals surface area contributed by atoms with Crippen LogP contribution < -0.4 is 16.4 Å². The van der Waals surface area contributed by atoms with Gasteiger partial charge in [-0.3, -0.25) is 9.59 Å². The predicted molar refractivity (Wildman–Crippen MR) is 69.5 cm³/mol. The summed E-state index contributed by atoms with van der Waals surface area (Å²) in [5, 5.41) is 8.86. The van der Waals surface area contributed by atoms with Crippen LogP contribution in [0.3, 0.4) is 0 Å². The van der Waals surface area contributed by atoms with Gasteiger partial charge in [-0.05, 0) is 18.2 Å². The molecule has 0 fully saturated rings. The van der Waals surface area contributed by atoms with Gasteiger partial charge in [0, 0.05) is 10.2 Å². The van der Waals surface area contributed by atoms with Crippen molar-refractivity contribution < 1.29 is 9.59 Å². The van der Waals surface area contributed by atoms with Crippen LogP contribution in [-0.4, -0.2) is 24.9 Å². The lowest BCUT2D eigenvalue weighted by molar-refractivity contribution is -0.117. The van der Waals surface area contributed by atoms with Gasteiger partial charge in [-0.2, -0.15) is 5.26 Å². The van der Waals surface area contributed by atoms with E-state index in [2.05, 4.69) is 15.9 Å². The summed E-state index contributed by atoms with van der Waals surface area (Å²) in [5.41, 5.74) is 11.1. The average Bonchev–Trinajstić information content (AvgIpc) is 2.26. The Morgan fingerprint density at radius 1 is 1.22 bits per heavy atom. The molecule has 6 nitrogen and oxygen atoms in total. The lowest BCUT2D eigenvalue weighted by atomic mass is 10.2. The second-order valence-electron chi connectivity index (χ2n) is 3.60. The second kappa shape index (κ2) is 6.02. The fraction of sp³-hybridized carbons (Fsp3) is 0.182. The quantitative estimate of drug-likeness (QED) is 0.802. The number of nitrogens with zero attached hydrogens (tertiary/aromatic N) is 2. The molecule has 0 heterocycles. The van der Waals surface area contributed by atoms with E-state index in [0.29, 0.717) is 15.7 Å². The summed E-state index contributed by atoms with van der Waals surface area (Å²) in [6, 6.07) is 6.83. The van der Waals surface area contributed by atoms with Crippen molar-refractivity contribution in [1.29, 1.82) is 5.26 Å². The highest BCUT2D eigenvalue weighted by molar-refractivity contribution is 9.10. The zero-order valence-electron chi connectivity index (χ0n) is 9.39. The third-order valence-electron chi connectivity index (χ3n) is 2.07. The molecular formula is C11H11BrN4O2. The average molecular weight is 311 g/mol. The van der Waals surface area contributed by atoms with E-state index >= 15 is 0 Å². The summed E-state index contributed by atoms with van der Waals surface area (Å²) in [6.07, 6.45) is 0. The smallest absolute Gasteiger partial charge is 0.236 e. The molecule has 0 saturated carbocycles. The number of hydrogen-bond donors (Lipinski definition) is 2. The molecule has 18 heavy (non-hydrogen) atoms. The molecule has 2 amide bonds. The van der Waals surface area contributed by atoms with Crippen LogP contribution in [0.1, 0.15) is 5.56 Å². The van der Waals surface area contributed by atoms with Gasteiger partial charge in [0.1, 0.15) is 0 Å². The van der Waals surface area contributed by atoms with E-state index in [1.54, 1.807) is 18.2 Å². The Kier molecular flexibility index (Phi) is 4.68. The van der Waals surface area contributed by atoms with Crippen LogP contribution in [0.5, 0.6) is 0 Å². The summed E-state index contributed by atoms with van der Waals surface area (Å²) in [6.45, 7) is -0.297. The topological polar surface area (TPSA) is 113 Å². The monoisotopic (exact) mass is 310 g/mol. The number of carbonyl (C=O) groups is 2. The number of hydrogen-bond acceptors (Lipinski definition) is 4. The minimum atomic E-state index is -0.588. The third kappa shape index (κ3) is 4.07. The van der Waals surface area contributed by atoms with Crippen LogP contribution >= 0.6 is 15.9 Å². The van der Waals surface area contributed by atoms with Gasteiger partial charge in [0.15, 0.2) is 0 Å². The molecule has 0 radical (unpaired) electrons. The fourth-order valence-electron chi connectivity index (χ4n) is 1.44. The van der Waals surface area contributed by atoms with Crippen LogP contribution in [0.25, 0.3) is 0 Å². The van der Waals surface area contributed by atoms with Crippen molar-refractivity contribution >= 4 is 33.4 Å². The number of nitriles is 1. The van der Waals surface area contributed by atoms with Gasteiger partial charge in [-0.15, -0.1) is 0 Å². The van der Waals surface area contributed by atoms with Gasteiger partial charge in [0.05, 0.1) is 24.7 Å². The van der Waals surface area contributed by atoms with E-state index in [-0.39, 0.29) is 13.1 Å². The van der Waals surface area contributed by atoms with E-state index in [0.717, 1.165) is 0 Å². The molecular weight excluding hydrogens is 300 g/mol. The van der Waals surface area contributed by atoms with Crippen molar-refractivity contribution in [3.8, 4) is 6.07 Å². The first-order valence-corrected chi connectivity index (χ1v) is 5.74. The van der Waals surface area contributed by atoms with Crippen molar-refractivity contribution in [3.05, 3.63) is 28.2 Å². The van der Waals surface area contributed by atoms with Gasteiger partial charge >= 0.3 is 0 Å². The standard InChI is InChI=1S/C11H11BrN4O2/c12-8-1-7(4-13)2-9(3-8)16(5-10(14)17)6-11(15)18/h1-3H,5-6H2,(H2,14,17)(H2,15,18). The van der Waals surface area contributed by atoms with Crippen molar-refractivity contribution in [2.45, 2.75) is 0 Å². The Labute approximate surface area is 112 Å². The molecule has 0 spiro atoms. The van der Waals surface area contributed by atoms with Gasteiger partial charge in [-0.1, -0.05) is 15.9 Å². The van der Waals surface area contributed by atoms with Crippen LogP contribution in [0.15, 0.2) is 22.7 Å². The van der Waals surface area contributed by atoms with Gasteiger partial charge in [0.25, 0.3) is 0 Å². The SMILES string of the molecule is N#Cc1cc(Br)cc(N(CC(N)=O)CC(N)=O)c1.